The van der Waals surface area contributed by atoms with Crippen molar-refractivity contribution >= 4 is 5.91 Å². The number of amides is 1. The minimum Gasteiger partial charge on any atom is -0.354 e. The van der Waals surface area contributed by atoms with Crippen molar-refractivity contribution in [3.8, 4) is 0 Å². The topological polar surface area (TPSA) is 47.8 Å². The first kappa shape index (κ1) is 23.4. The quantitative estimate of drug-likeness (QED) is 0.296. The molecule has 0 aliphatic carbocycles. The molecule has 118 valence electrons. The summed E-state index contributed by atoms with van der Waals surface area (Å²) in [5.41, 5.74) is 0. The third kappa shape index (κ3) is 9.87. The summed E-state index contributed by atoms with van der Waals surface area (Å²) in [6.45, 7) is 7.92. The predicted octanol–water partition coefficient (Wildman–Crippen LogP) is 3.09. The van der Waals surface area contributed by atoms with Gasteiger partial charge in [-0.15, -0.1) is 0 Å². The van der Waals surface area contributed by atoms with E-state index in [2.05, 4.69) is 13.8 Å². The van der Waals surface area contributed by atoms with E-state index >= 15 is 0 Å². The van der Waals surface area contributed by atoms with Crippen LogP contribution in [-0.4, -0.2) is 43.4 Å². The molecule has 1 saturated heterocycles. The first-order valence-corrected chi connectivity index (χ1v) is 5.78. The van der Waals surface area contributed by atoms with Crippen LogP contribution in [0.5, 0.6) is 0 Å². The molecule has 2 atom stereocenters. The van der Waals surface area contributed by atoms with E-state index in [-0.39, 0.29) is 34.4 Å². The number of carbonyl (C=O) groups excluding carboxylic acids is 1. The van der Waals surface area contributed by atoms with Gasteiger partial charge < -0.3 is 9.64 Å². The lowest BCUT2D eigenvalue weighted by Crippen LogP contribution is -2.14. The van der Waals surface area contributed by atoms with Gasteiger partial charge in [-0.05, 0) is 5.92 Å². The lowest BCUT2D eigenvalue weighted by Gasteiger charge is -2.08. The summed E-state index contributed by atoms with van der Waals surface area (Å²) in [7, 11) is 0. The van der Waals surface area contributed by atoms with Crippen molar-refractivity contribution in [3.05, 3.63) is 0 Å². The van der Waals surface area contributed by atoms with Crippen LogP contribution < -0.4 is 0 Å². The van der Waals surface area contributed by atoms with Crippen LogP contribution >= 0.6 is 0 Å². The molecular formula is C14H33NO4. The van der Waals surface area contributed by atoms with Gasteiger partial charge in [-0.3, -0.25) is 4.79 Å². The Labute approximate surface area is 119 Å². The summed E-state index contributed by atoms with van der Waals surface area (Å²) in [6, 6.07) is 0. The minimum absolute atomic E-state index is 0. The lowest BCUT2D eigenvalue weighted by molar-refractivity contribution is -0.305. The molecule has 1 aliphatic rings. The van der Waals surface area contributed by atoms with E-state index in [1.807, 2.05) is 0 Å². The fourth-order valence-corrected chi connectivity index (χ4v) is 1.15. The molecule has 19 heavy (non-hydrogen) atoms. The number of carbonyl (C=O) groups is 1. The van der Waals surface area contributed by atoms with Gasteiger partial charge in [-0.25, -0.2) is 9.78 Å². The molecule has 0 saturated carbocycles. The summed E-state index contributed by atoms with van der Waals surface area (Å²) in [4.78, 5) is 22.5. The van der Waals surface area contributed by atoms with Gasteiger partial charge in [-0.1, -0.05) is 42.5 Å². The number of nitrogens with zero attached hydrogens (tertiary/aromatic N) is 1. The van der Waals surface area contributed by atoms with Crippen molar-refractivity contribution in [2.45, 2.75) is 55.7 Å². The Morgan fingerprint density at radius 1 is 1.26 bits per heavy atom. The Morgan fingerprint density at radius 3 is 2.37 bits per heavy atom. The highest BCUT2D eigenvalue weighted by molar-refractivity contribution is 5.75. The van der Waals surface area contributed by atoms with Gasteiger partial charge in [0.05, 0.1) is 19.8 Å². The molecule has 5 nitrogen and oxygen atoms in total. The van der Waals surface area contributed by atoms with Crippen LogP contribution in [0.15, 0.2) is 0 Å². The van der Waals surface area contributed by atoms with Crippen molar-refractivity contribution in [1.29, 1.82) is 0 Å². The fourth-order valence-electron chi connectivity index (χ4n) is 1.15. The van der Waals surface area contributed by atoms with E-state index in [4.69, 9.17) is 14.5 Å². The molecule has 0 aromatic carbocycles. The molecule has 0 aromatic rings. The molecule has 1 aliphatic heterocycles. The van der Waals surface area contributed by atoms with Crippen LogP contribution in [0.4, 0.5) is 0 Å². The third-order valence-corrected chi connectivity index (χ3v) is 2.58. The second-order valence-corrected chi connectivity index (χ2v) is 4.12. The second kappa shape index (κ2) is 12.4. The van der Waals surface area contributed by atoms with Gasteiger partial charge in [0, 0.05) is 6.92 Å². The van der Waals surface area contributed by atoms with Crippen molar-refractivity contribution in [3.63, 3.8) is 0 Å². The van der Waals surface area contributed by atoms with E-state index in [1.165, 1.54) is 6.92 Å². The monoisotopic (exact) mass is 279 g/mol. The highest BCUT2D eigenvalue weighted by atomic mass is 17.2. The van der Waals surface area contributed by atoms with Crippen molar-refractivity contribution in [1.82, 2.24) is 4.90 Å². The van der Waals surface area contributed by atoms with Crippen molar-refractivity contribution in [2.24, 2.45) is 5.92 Å². The summed E-state index contributed by atoms with van der Waals surface area (Å²) in [5, 5.41) is 0. The highest BCUT2D eigenvalue weighted by Crippen LogP contribution is 2.17. The van der Waals surface area contributed by atoms with Gasteiger partial charge in [0.2, 0.25) is 5.91 Å². The van der Waals surface area contributed by atoms with E-state index in [1.54, 1.807) is 4.90 Å². The first-order valence-electron chi connectivity index (χ1n) is 5.78. The zero-order valence-corrected chi connectivity index (χ0v) is 10.3. The van der Waals surface area contributed by atoms with Crippen molar-refractivity contribution in [2.75, 3.05) is 26.4 Å². The number of ether oxygens (including phenoxy) is 1. The molecule has 1 amide bonds. The Balaban J connectivity index is -0.000000853. The van der Waals surface area contributed by atoms with Crippen LogP contribution in [0, 0.1) is 5.92 Å². The van der Waals surface area contributed by atoms with E-state index in [9.17, 15) is 4.79 Å². The zero-order valence-electron chi connectivity index (χ0n) is 10.3. The van der Waals surface area contributed by atoms with Crippen LogP contribution in [0.2, 0.25) is 0 Å². The second-order valence-electron chi connectivity index (χ2n) is 4.12. The van der Waals surface area contributed by atoms with Crippen LogP contribution in [0.3, 0.4) is 0 Å². The molecule has 5 heteroatoms. The number of rotatable bonds is 8. The van der Waals surface area contributed by atoms with E-state index in [0.29, 0.717) is 32.3 Å². The van der Waals surface area contributed by atoms with Gasteiger partial charge >= 0.3 is 0 Å². The Kier molecular flexibility index (Phi) is 15.3. The average Bonchev–Trinajstić information content (AvgIpc) is 3.02. The van der Waals surface area contributed by atoms with Gasteiger partial charge in [-0.2, -0.15) is 0 Å². The van der Waals surface area contributed by atoms with Crippen molar-refractivity contribution < 1.29 is 19.3 Å². The van der Waals surface area contributed by atoms with Gasteiger partial charge in [0.15, 0.2) is 0 Å². The SMILES string of the molecule is C.C.C.CCC(C)COOCCOC1CN1C(C)=O. The van der Waals surface area contributed by atoms with E-state index < -0.39 is 0 Å². The third-order valence-electron chi connectivity index (χ3n) is 2.58. The molecule has 0 N–H and O–H groups in total. The lowest BCUT2D eigenvalue weighted by atomic mass is 10.1. The molecule has 0 radical (unpaired) electrons. The zero-order chi connectivity index (χ0) is 12.0. The number of hydrogen-bond acceptors (Lipinski definition) is 4. The summed E-state index contributed by atoms with van der Waals surface area (Å²) < 4.78 is 5.36. The maximum Gasteiger partial charge on any atom is 0.221 e. The molecular weight excluding hydrogens is 246 g/mol. The Morgan fingerprint density at radius 2 is 1.89 bits per heavy atom. The van der Waals surface area contributed by atoms with E-state index in [0.717, 1.165) is 6.42 Å². The predicted molar refractivity (Wildman–Crippen MR) is 78.7 cm³/mol. The molecule has 2 unspecified atom stereocenters. The van der Waals surface area contributed by atoms with Crippen LogP contribution in [0.1, 0.15) is 49.5 Å². The maximum absolute atomic E-state index is 10.8. The minimum atomic E-state index is -0.0457. The number of hydrogen-bond donors (Lipinski definition) is 0. The fraction of sp³-hybridized carbons (Fsp3) is 0.929. The molecule has 0 bridgehead atoms. The van der Waals surface area contributed by atoms with Crippen LogP contribution in [0.25, 0.3) is 0 Å². The molecule has 1 heterocycles. The smallest absolute Gasteiger partial charge is 0.221 e. The molecule has 0 spiro atoms. The molecule has 1 rings (SSSR count). The Hall–Kier alpha value is -0.650. The normalized spacial score (nSPS) is 17.6. The Bertz CT molecular complexity index is 223. The van der Waals surface area contributed by atoms with Gasteiger partial charge in [0.25, 0.3) is 0 Å². The molecule has 0 aromatic heterocycles. The first-order chi connectivity index (χ1) is 7.65. The summed E-state index contributed by atoms with van der Waals surface area (Å²) in [6.07, 6.45) is 1.03. The standard InChI is InChI=1S/C11H21NO4.3CH4/c1-4-9(2)8-16-15-6-5-14-11-7-12(11)10(3)13;;;/h9,11H,4-8H2,1-3H3;3*1H4. The average molecular weight is 279 g/mol. The maximum atomic E-state index is 10.8. The summed E-state index contributed by atoms with van der Waals surface area (Å²) >= 11 is 0. The molecule has 1 fully saturated rings. The summed E-state index contributed by atoms with van der Waals surface area (Å²) in [5.74, 6) is 0.566. The van der Waals surface area contributed by atoms with Crippen LogP contribution in [-0.2, 0) is 19.3 Å². The largest absolute Gasteiger partial charge is 0.354 e. The van der Waals surface area contributed by atoms with Gasteiger partial charge in [0.1, 0.15) is 12.8 Å². The highest BCUT2D eigenvalue weighted by Gasteiger charge is 2.36.